The molecule has 0 amide bonds. The monoisotopic (exact) mass is 197 g/mol. The van der Waals surface area contributed by atoms with E-state index >= 15 is 0 Å². The number of rotatable bonds is 3. The lowest BCUT2D eigenvalue weighted by atomic mass is 9.64. The summed E-state index contributed by atoms with van der Waals surface area (Å²) in [5.41, 5.74) is 0.627. The van der Waals surface area contributed by atoms with E-state index in [1.54, 1.807) is 0 Å². The molecule has 0 radical (unpaired) electrons. The average Bonchev–Trinajstić information content (AvgIpc) is 2.13. The van der Waals surface area contributed by atoms with Gasteiger partial charge in [-0.15, -0.1) is 0 Å². The topological polar surface area (TPSA) is 21.3 Å². The van der Waals surface area contributed by atoms with E-state index in [1.165, 1.54) is 32.2 Å². The van der Waals surface area contributed by atoms with Crippen molar-refractivity contribution >= 4 is 0 Å². The maximum Gasteiger partial charge on any atom is 0.0480 e. The Bertz CT molecular complexity index is 177. The molecule has 0 atom stereocenters. The molecule has 1 saturated carbocycles. The van der Waals surface area contributed by atoms with Crippen molar-refractivity contribution in [1.29, 1.82) is 0 Å². The predicted octanol–water partition coefficient (Wildman–Crippen LogP) is 2.19. The molecule has 0 aromatic carbocycles. The number of hydrogen-bond donors (Lipinski definition) is 1. The zero-order valence-electron chi connectivity index (χ0n) is 9.51. The Labute approximate surface area is 87.4 Å². The van der Waals surface area contributed by atoms with Gasteiger partial charge in [-0.25, -0.2) is 0 Å². The Morgan fingerprint density at radius 2 is 1.86 bits per heavy atom. The minimum Gasteiger partial charge on any atom is -0.381 e. The van der Waals surface area contributed by atoms with Crippen LogP contribution in [-0.2, 0) is 4.74 Å². The fourth-order valence-corrected chi connectivity index (χ4v) is 2.88. The van der Waals surface area contributed by atoms with Crippen molar-refractivity contribution in [3.63, 3.8) is 0 Å². The molecular weight excluding hydrogens is 174 g/mol. The van der Waals surface area contributed by atoms with Crippen molar-refractivity contribution in [3.05, 3.63) is 0 Å². The van der Waals surface area contributed by atoms with Gasteiger partial charge in [0.25, 0.3) is 0 Å². The maximum absolute atomic E-state index is 5.34. The van der Waals surface area contributed by atoms with Crippen LogP contribution in [0.15, 0.2) is 0 Å². The van der Waals surface area contributed by atoms with Crippen LogP contribution < -0.4 is 5.32 Å². The number of hydrogen-bond acceptors (Lipinski definition) is 2. The lowest BCUT2D eigenvalue weighted by Crippen LogP contribution is -2.43. The van der Waals surface area contributed by atoms with Crippen LogP contribution >= 0.6 is 0 Å². The van der Waals surface area contributed by atoms with Crippen molar-refractivity contribution in [2.75, 3.05) is 19.8 Å². The summed E-state index contributed by atoms with van der Waals surface area (Å²) in [6, 6.07) is 0.729. The highest BCUT2D eigenvalue weighted by atomic mass is 16.5. The molecule has 2 fully saturated rings. The van der Waals surface area contributed by atoms with Crippen LogP contribution in [0, 0.1) is 11.3 Å². The first-order valence-electron chi connectivity index (χ1n) is 5.97. The lowest BCUT2D eigenvalue weighted by molar-refractivity contribution is 0.0629. The summed E-state index contributed by atoms with van der Waals surface area (Å²) in [5, 5.41) is 3.68. The summed E-state index contributed by atoms with van der Waals surface area (Å²) < 4.78 is 5.34. The Hall–Kier alpha value is -0.0800. The number of nitrogens with one attached hydrogen (secondary N) is 1. The minimum absolute atomic E-state index is 0.627. The second-order valence-corrected chi connectivity index (χ2v) is 5.73. The molecule has 2 rings (SSSR count). The van der Waals surface area contributed by atoms with Gasteiger partial charge in [0.1, 0.15) is 0 Å². The first-order valence-corrected chi connectivity index (χ1v) is 5.97. The van der Waals surface area contributed by atoms with Gasteiger partial charge in [-0.2, -0.15) is 0 Å². The number of ether oxygens (including phenoxy) is 1. The minimum atomic E-state index is 0.627. The van der Waals surface area contributed by atoms with Crippen molar-refractivity contribution in [2.24, 2.45) is 11.3 Å². The Balaban J connectivity index is 1.59. The Morgan fingerprint density at radius 1 is 1.21 bits per heavy atom. The molecule has 1 aliphatic heterocycles. The molecule has 2 aliphatic rings. The van der Waals surface area contributed by atoms with Crippen LogP contribution in [-0.4, -0.2) is 25.8 Å². The van der Waals surface area contributed by atoms with Gasteiger partial charge in [0.2, 0.25) is 0 Å². The molecule has 2 nitrogen and oxygen atoms in total. The molecule has 82 valence electrons. The highest BCUT2D eigenvalue weighted by Crippen LogP contribution is 2.44. The van der Waals surface area contributed by atoms with Crippen molar-refractivity contribution in [2.45, 2.75) is 45.6 Å². The fourth-order valence-electron chi connectivity index (χ4n) is 2.88. The molecule has 1 N–H and O–H groups in total. The second kappa shape index (κ2) is 4.19. The third-order valence-corrected chi connectivity index (χ3v) is 3.60. The summed E-state index contributed by atoms with van der Waals surface area (Å²) in [6.07, 6.45) is 5.22. The third kappa shape index (κ3) is 2.71. The van der Waals surface area contributed by atoms with E-state index in [-0.39, 0.29) is 0 Å². The summed E-state index contributed by atoms with van der Waals surface area (Å²) in [7, 11) is 0. The third-order valence-electron chi connectivity index (χ3n) is 3.60. The van der Waals surface area contributed by atoms with Crippen LogP contribution in [0.2, 0.25) is 0 Å². The summed E-state index contributed by atoms with van der Waals surface area (Å²) in [5.74, 6) is 0.938. The molecule has 0 unspecified atom stereocenters. The van der Waals surface area contributed by atoms with Gasteiger partial charge >= 0.3 is 0 Å². The van der Waals surface area contributed by atoms with E-state index < -0.39 is 0 Å². The van der Waals surface area contributed by atoms with Gasteiger partial charge in [-0.1, -0.05) is 13.8 Å². The lowest BCUT2D eigenvalue weighted by Gasteiger charge is -2.43. The zero-order valence-corrected chi connectivity index (χ0v) is 9.51. The normalized spacial score (nSPS) is 28.7. The first-order chi connectivity index (χ1) is 6.66. The van der Waals surface area contributed by atoms with Gasteiger partial charge in [0.05, 0.1) is 0 Å². The maximum atomic E-state index is 5.34. The van der Waals surface area contributed by atoms with Gasteiger partial charge in [-0.05, 0) is 43.6 Å². The largest absolute Gasteiger partial charge is 0.381 e. The molecule has 1 aliphatic carbocycles. The Kier molecular flexibility index (Phi) is 3.13. The Morgan fingerprint density at radius 3 is 2.43 bits per heavy atom. The summed E-state index contributed by atoms with van der Waals surface area (Å²) >= 11 is 0. The van der Waals surface area contributed by atoms with E-state index in [9.17, 15) is 0 Å². The van der Waals surface area contributed by atoms with Crippen molar-refractivity contribution in [1.82, 2.24) is 5.32 Å². The molecular formula is C12H23NO. The smallest absolute Gasteiger partial charge is 0.0480 e. The van der Waals surface area contributed by atoms with Crippen LogP contribution in [0.3, 0.4) is 0 Å². The van der Waals surface area contributed by atoms with Crippen molar-refractivity contribution in [3.8, 4) is 0 Å². The van der Waals surface area contributed by atoms with E-state index in [0.717, 1.165) is 25.2 Å². The SMILES string of the molecule is CC1(C)CC(CNC2CCOCC2)C1. The van der Waals surface area contributed by atoms with E-state index in [0.29, 0.717) is 5.41 Å². The van der Waals surface area contributed by atoms with Crippen LogP contribution in [0.4, 0.5) is 0 Å². The van der Waals surface area contributed by atoms with Gasteiger partial charge in [0, 0.05) is 19.3 Å². The molecule has 1 heterocycles. The second-order valence-electron chi connectivity index (χ2n) is 5.73. The molecule has 2 heteroatoms. The molecule has 14 heavy (non-hydrogen) atoms. The molecule has 0 bridgehead atoms. The highest BCUT2D eigenvalue weighted by Gasteiger charge is 2.35. The zero-order chi connectivity index (χ0) is 10.0. The quantitative estimate of drug-likeness (QED) is 0.749. The molecule has 1 saturated heterocycles. The van der Waals surface area contributed by atoms with Gasteiger partial charge in [0.15, 0.2) is 0 Å². The van der Waals surface area contributed by atoms with Crippen molar-refractivity contribution < 1.29 is 4.74 Å². The molecule has 0 aromatic heterocycles. The summed E-state index contributed by atoms with van der Waals surface area (Å²) in [4.78, 5) is 0. The fraction of sp³-hybridized carbons (Fsp3) is 1.00. The highest BCUT2D eigenvalue weighted by molar-refractivity contribution is 4.88. The molecule has 0 aromatic rings. The molecule has 0 spiro atoms. The van der Waals surface area contributed by atoms with Gasteiger partial charge < -0.3 is 10.1 Å². The van der Waals surface area contributed by atoms with E-state index in [4.69, 9.17) is 4.74 Å². The predicted molar refractivity (Wildman–Crippen MR) is 58.3 cm³/mol. The van der Waals surface area contributed by atoms with E-state index in [1.807, 2.05) is 0 Å². The standard InChI is InChI=1S/C12H23NO/c1-12(2)7-10(8-12)9-13-11-3-5-14-6-4-11/h10-11,13H,3-9H2,1-2H3. The van der Waals surface area contributed by atoms with Crippen LogP contribution in [0.1, 0.15) is 39.5 Å². The summed E-state index contributed by atoms with van der Waals surface area (Å²) in [6.45, 7) is 7.88. The van der Waals surface area contributed by atoms with Crippen LogP contribution in [0.25, 0.3) is 0 Å². The van der Waals surface area contributed by atoms with Crippen LogP contribution in [0.5, 0.6) is 0 Å². The van der Waals surface area contributed by atoms with E-state index in [2.05, 4.69) is 19.2 Å². The average molecular weight is 197 g/mol. The first kappa shape index (κ1) is 10.4. The van der Waals surface area contributed by atoms with Gasteiger partial charge in [-0.3, -0.25) is 0 Å².